The largest absolute Gasteiger partial charge is 0.342 e. The molecule has 8 nitrogen and oxygen atoms in total. The zero-order chi connectivity index (χ0) is 20.6. The molecule has 0 atom stereocenters. The Kier molecular flexibility index (Phi) is 7.65. The summed E-state index contributed by atoms with van der Waals surface area (Å²) in [6.07, 6.45) is 1.49. The average molecular weight is 417 g/mol. The van der Waals surface area contributed by atoms with Crippen molar-refractivity contribution in [2.45, 2.75) is 24.8 Å². The van der Waals surface area contributed by atoms with Gasteiger partial charge in [0.15, 0.2) is 5.16 Å². The zero-order valence-corrected chi connectivity index (χ0v) is 17.8. The number of thioether (sulfide) groups is 1. The van der Waals surface area contributed by atoms with E-state index in [1.54, 1.807) is 11.8 Å². The van der Waals surface area contributed by atoms with Gasteiger partial charge in [0.1, 0.15) is 6.33 Å². The second-order valence-corrected chi connectivity index (χ2v) is 7.87. The highest BCUT2D eigenvalue weighted by Crippen LogP contribution is 2.19. The number of likely N-dealkylation sites (N-methyl/N-ethyl adjacent to an activating group) is 1. The number of aromatic amines is 1. The standard InChI is InChI=1S/C20H28N6O2S/c1-3-25(4-2)18(27)13-24-9-11-26(12-10-24)19(28)17-7-5-16(6-8-17)14-29-20-21-15-22-23-20/h5-8,15H,3-4,9-14H2,1-2H3,(H,21,22,23). The second kappa shape index (κ2) is 10.4. The fourth-order valence-corrected chi connectivity index (χ4v) is 4.05. The van der Waals surface area contributed by atoms with Crippen molar-refractivity contribution in [2.75, 3.05) is 45.8 Å². The number of rotatable bonds is 8. The maximum atomic E-state index is 12.8. The maximum Gasteiger partial charge on any atom is 0.253 e. The molecule has 2 amide bonds. The Morgan fingerprint density at radius 3 is 2.38 bits per heavy atom. The average Bonchev–Trinajstić information content (AvgIpc) is 3.27. The summed E-state index contributed by atoms with van der Waals surface area (Å²) in [5.41, 5.74) is 1.83. The van der Waals surface area contributed by atoms with Crippen LogP contribution in [0, 0.1) is 0 Å². The van der Waals surface area contributed by atoms with Gasteiger partial charge < -0.3 is 9.80 Å². The molecule has 2 heterocycles. The maximum absolute atomic E-state index is 12.8. The van der Waals surface area contributed by atoms with Crippen LogP contribution < -0.4 is 0 Å². The lowest BCUT2D eigenvalue weighted by molar-refractivity contribution is -0.132. The number of H-pyrrole nitrogens is 1. The van der Waals surface area contributed by atoms with Crippen LogP contribution in [0.1, 0.15) is 29.8 Å². The summed E-state index contributed by atoms with van der Waals surface area (Å²) < 4.78 is 0. The number of amides is 2. The van der Waals surface area contributed by atoms with Crippen LogP contribution in [0.5, 0.6) is 0 Å². The summed E-state index contributed by atoms with van der Waals surface area (Å²) in [4.78, 5) is 35.0. The Morgan fingerprint density at radius 2 is 1.79 bits per heavy atom. The van der Waals surface area contributed by atoms with Crippen LogP contribution in [-0.4, -0.2) is 87.5 Å². The van der Waals surface area contributed by atoms with E-state index in [-0.39, 0.29) is 11.8 Å². The molecular formula is C20H28N6O2S. The van der Waals surface area contributed by atoms with Gasteiger partial charge in [0.2, 0.25) is 5.91 Å². The number of hydrogen-bond acceptors (Lipinski definition) is 6. The molecule has 0 unspecified atom stereocenters. The van der Waals surface area contributed by atoms with Gasteiger partial charge >= 0.3 is 0 Å². The number of benzene rings is 1. The van der Waals surface area contributed by atoms with Gasteiger partial charge in [-0.05, 0) is 31.5 Å². The lowest BCUT2D eigenvalue weighted by Crippen LogP contribution is -2.51. The molecule has 3 rings (SSSR count). The van der Waals surface area contributed by atoms with Crippen LogP contribution in [0.2, 0.25) is 0 Å². The molecule has 29 heavy (non-hydrogen) atoms. The van der Waals surface area contributed by atoms with E-state index >= 15 is 0 Å². The van der Waals surface area contributed by atoms with Gasteiger partial charge in [0, 0.05) is 50.6 Å². The summed E-state index contributed by atoms with van der Waals surface area (Å²) in [6, 6.07) is 7.73. The molecular weight excluding hydrogens is 388 g/mol. The first-order valence-corrected chi connectivity index (χ1v) is 11.0. The van der Waals surface area contributed by atoms with Crippen LogP contribution in [0.4, 0.5) is 0 Å². The molecule has 1 N–H and O–H groups in total. The smallest absolute Gasteiger partial charge is 0.253 e. The van der Waals surface area contributed by atoms with E-state index in [0.717, 1.165) is 42.7 Å². The highest BCUT2D eigenvalue weighted by atomic mass is 32.2. The van der Waals surface area contributed by atoms with Crippen LogP contribution in [-0.2, 0) is 10.5 Å². The first-order valence-electron chi connectivity index (χ1n) is 9.97. The Morgan fingerprint density at radius 1 is 1.10 bits per heavy atom. The molecule has 1 saturated heterocycles. The van der Waals surface area contributed by atoms with Crippen LogP contribution >= 0.6 is 11.8 Å². The topological polar surface area (TPSA) is 85.4 Å². The number of nitrogens with zero attached hydrogens (tertiary/aromatic N) is 5. The third kappa shape index (κ3) is 5.80. The summed E-state index contributed by atoms with van der Waals surface area (Å²) in [6.45, 7) is 8.64. The number of aromatic nitrogens is 3. The van der Waals surface area contributed by atoms with Crippen molar-refractivity contribution in [3.05, 3.63) is 41.7 Å². The van der Waals surface area contributed by atoms with Crippen molar-refractivity contribution in [1.29, 1.82) is 0 Å². The summed E-state index contributed by atoms with van der Waals surface area (Å²) in [7, 11) is 0. The van der Waals surface area contributed by atoms with E-state index in [1.807, 2.05) is 47.9 Å². The molecule has 0 aliphatic carbocycles. The van der Waals surface area contributed by atoms with Crippen molar-refractivity contribution in [2.24, 2.45) is 0 Å². The van der Waals surface area contributed by atoms with Gasteiger partial charge in [-0.2, -0.15) is 5.10 Å². The van der Waals surface area contributed by atoms with E-state index in [1.165, 1.54) is 6.33 Å². The molecule has 1 aromatic carbocycles. The van der Waals surface area contributed by atoms with Crippen molar-refractivity contribution in [3.63, 3.8) is 0 Å². The minimum absolute atomic E-state index is 0.0501. The predicted octanol–water partition coefficient (Wildman–Crippen LogP) is 1.72. The monoisotopic (exact) mass is 416 g/mol. The summed E-state index contributed by atoms with van der Waals surface area (Å²) >= 11 is 1.57. The van der Waals surface area contributed by atoms with Gasteiger partial charge in [-0.25, -0.2) is 4.98 Å². The van der Waals surface area contributed by atoms with Crippen molar-refractivity contribution in [1.82, 2.24) is 29.9 Å². The molecule has 1 aliphatic heterocycles. The van der Waals surface area contributed by atoms with Crippen molar-refractivity contribution >= 4 is 23.6 Å². The molecule has 2 aromatic rings. The molecule has 0 spiro atoms. The lowest BCUT2D eigenvalue weighted by atomic mass is 10.1. The summed E-state index contributed by atoms with van der Waals surface area (Å²) in [5, 5.41) is 7.43. The van der Waals surface area contributed by atoms with Gasteiger partial charge in [0.05, 0.1) is 6.54 Å². The Labute approximate surface area is 175 Å². The minimum atomic E-state index is 0.0501. The number of piperazine rings is 1. The van der Waals surface area contributed by atoms with E-state index in [4.69, 9.17) is 0 Å². The van der Waals surface area contributed by atoms with Crippen LogP contribution in [0.15, 0.2) is 35.7 Å². The van der Waals surface area contributed by atoms with Crippen LogP contribution in [0.25, 0.3) is 0 Å². The third-order valence-electron chi connectivity index (χ3n) is 5.10. The zero-order valence-electron chi connectivity index (χ0n) is 17.0. The van der Waals surface area contributed by atoms with Gasteiger partial charge in [0.25, 0.3) is 5.91 Å². The Hall–Kier alpha value is -2.39. The quantitative estimate of drug-likeness (QED) is 0.660. The SMILES string of the molecule is CCN(CC)C(=O)CN1CCN(C(=O)c2ccc(CSc3ncn[nH]3)cc2)CC1. The van der Waals surface area contributed by atoms with E-state index < -0.39 is 0 Å². The van der Waals surface area contributed by atoms with Crippen molar-refractivity contribution < 1.29 is 9.59 Å². The molecule has 1 aromatic heterocycles. The normalized spacial score (nSPS) is 14.8. The first-order chi connectivity index (χ1) is 14.1. The molecule has 0 bridgehead atoms. The number of carbonyl (C=O) groups is 2. The number of nitrogens with one attached hydrogen (secondary N) is 1. The summed E-state index contributed by atoms with van der Waals surface area (Å²) in [5.74, 6) is 0.978. The first kappa shape index (κ1) is 21.3. The highest BCUT2D eigenvalue weighted by molar-refractivity contribution is 7.98. The van der Waals surface area contributed by atoms with Gasteiger partial charge in [-0.3, -0.25) is 19.6 Å². The Bertz CT molecular complexity index is 784. The molecule has 1 aliphatic rings. The van der Waals surface area contributed by atoms with E-state index in [2.05, 4.69) is 20.1 Å². The number of hydrogen-bond donors (Lipinski definition) is 1. The van der Waals surface area contributed by atoms with E-state index in [0.29, 0.717) is 25.2 Å². The van der Waals surface area contributed by atoms with Gasteiger partial charge in [-0.15, -0.1) is 0 Å². The lowest BCUT2D eigenvalue weighted by Gasteiger charge is -2.35. The van der Waals surface area contributed by atoms with Crippen molar-refractivity contribution in [3.8, 4) is 0 Å². The number of carbonyl (C=O) groups excluding carboxylic acids is 2. The van der Waals surface area contributed by atoms with Crippen LogP contribution in [0.3, 0.4) is 0 Å². The molecule has 9 heteroatoms. The fourth-order valence-electron chi connectivity index (χ4n) is 3.32. The molecule has 0 saturated carbocycles. The van der Waals surface area contributed by atoms with E-state index in [9.17, 15) is 9.59 Å². The predicted molar refractivity (Wildman–Crippen MR) is 113 cm³/mol. The molecule has 1 fully saturated rings. The highest BCUT2D eigenvalue weighted by Gasteiger charge is 2.24. The minimum Gasteiger partial charge on any atom is -0.342 e. The third-order valence-corrected chi connectivity index (χ3v) is 6.05. The molecule has 156 valence electrons. The van der Waals surface area contributed by atoms with Gasteiger partial charge in [-0.1, -0.05) is 23.9 Å². The fraction of sp³-hybridized carbons (Fsp3) is 0.500. The Balaban J connectivity index is 1.47. The molecule has 0 radical (unpaired) electrons. The second-order valence-electron chi connectivity index (χ2n) is 6.91.